The minimum Gasteiger partial charge on any atom is -0.493 e. The van der Waals surface area contributed by atoms with Gasteiger partial charge < -0.3 is 14.8 Å². The summed E-state index contributed by atoms with van der Waals surface area (Å²) in [7, 11) is 1.36. The normalized spacial score (nSPS) is 11.4. The first-order valence-corrected chi connectivity index (χ1v) is 7.34. The summed E-state index contributed by atoms with van der Waals surface area (Å²) < 4.78 is 46.3. The van der Waals surface area contributed by atoms with Crippen molar-refractivity contribution in [3.05, 3.63) is 23.8 Å². The Morgan fingerprint density at radius 2 is 1.96 bits per heavy atom. The molecule has 0 unspecified atom stereocenters. The molecule has 0 radical (unpaired) electrons. The van der Waals surface area contributed by atoms with Crippen molar-refractivity contribution in [2.75, 3.05) is 20.3 Å². The summed E-state index contributed by atoms with van der Waals surface area (Å²) in [4.78, 5) is 11.7. The van der Waals surface area contributed by atoms with Gasteiger partial charge in [0.1, 0.15) is 0 Å². The van der Waals surface area contributed by atoms with E-state index in [0.29, 0.717) is 25.3 Å². The molecule has 0 atom stereocenters. The van der Waals surface area contributed by atoms with Crippen LogP contribution in [0.4, 0.5) is 13.2 Å². The van der Waals surface area contributed by atoms with Crippen LogP contribution in [0, 0.1) is 5.92 Å². The molecule has 23 heavy (non-hydrogen) atoms. The summed E-state index contributed by atoms with van der Waals surface area (Å²) in [5.74, 6) is 0.561. The first kappa shape index (κ1) is 19.1. The van der Waals surface area contributed by atoms with Crippen LogP contribution in [0.15, 0.2) is 18.2 Å². The fraction of sp³-hybridized carbons (Fsp3) is 0.562. The van der Waals surface area contributed by atoms with Crippen molar-refractivity contribution >= 4 is 5.91 Å². The van der Waals surface area contributed by atoms with E-state index >= 15 is 0 Å². The summed E-state index contributed by atoms with van der Waals surface area (Å²) in [5.41, 5.74) is 0.793. The molecule has 0 spiro atoms. The quantitative estimate of drug-likeness (QED) is 0.794. The Morgan fingerprint density at radius 1 is 1.26 bits per heavy atom. The minimum absolute atomic E-state index is 0.0258. The van der Waals surface area contributed by atoms with Gasteiger partial charge >= 0.3 is 6.18 Å². The summed E-state index contributed by atoms with van der Waals surface area (Å²) in [6.07, 6.45) is -3.63. The molecule has 0 fully saturated rings. The highest BCUT2D eigenvalue weighted by molar-refractivity contribution is 5.76. The number of aryl methyl sites for hydroxylation is 1. The lowest BCUT2D eigenvalue weighted by atomic mass is 10.1. The zero-order chi connectivity index (χ0) is 17.5. The highest BCUT2D eigenvalue weighted by Gasteiger charge is 2.29. The summed E-state index contributed by atoms with van der Waals surface area (Å²) >= 11 is 0. The van der Waals surface area contributed by atoms with Crippen LogP contribution >= 0.6 is 0 Å². The molecule has 1 aromatic carbocycles. The van der Waals surface area contributed by atoms with Crippen molar-refractivity contribution in [3.63, 3.8) is 0 Å². The molecule has 0 aromatic heterocycles. The van der Waals surface area contributed by atoms with Crippen LogP contribution in [-0.2, 0) is 11.2 Å². The number of alkyl halides is 3. The Balaban J connectivity index is 2.59. The second-order valence-electron chi connectivity index (χ2n) is 5.59. The van der Waals surface area contributed by atoms with Crippen LogP contribution in [0.1, 0.15) is 25.8 Å². The molecule has 1 amide bonds. The van der Waals surface area contributed by atoms with Crippen molar-refractivity contribution in [1.82, 2.24) is 5.32 Å². The molecule has 0 aliphatic heterocycles. The zero-order valence-corrected chi connectivity index (χ0v) is 13.5. The van der Waals surface area contributed by atoms with Crippen molar-refractivity contribution in [2.45, 2.75) is 32.9 Å². The van der Waals surface area contributed by atoms with E-state index in [1.165, 1.54) is 13.2 Å². The van der Waals surface area contributed by atoms with Gasteiger partial charge in [-0.25, -0.2) is 0 Å². The van der Waals surface area contributed by atoms with Gasteiger partial charge in [-0.15, -0.1) is 0 Å². The molecular formula is C16H22F3NO3. The topological polar surface area (TPSA) is 47.6 Å². The smallest absolute Gasteiger partial charge is 0.422 e. The van der Waals surface area contributed by atoms with Crippen LogP contribution in [-0.4, -0.2) is 32.3 Å². The number of amides is 1. The number of benzene rings is 1. The molecule has 4 nitrogen and oxygen atoms in total. The van der Waals surface area contributed by atoms with Gasteiger partial charge in [-0.2, -0.15) is 13.2 Å². The molecule has 0 heterocycles. The molecule has 0 aliphatic rings. The first-order valence-electron chi connectivity index (χ1n) is 7.34. The Kier molecular flexibility index (Phi) is 7.19. The van der Waals surface area contributed by atoms with E-state index in [1.54, 1.807) is 12.1 Å². The predicted octanol–water partition coefficient (Wildman–Crippen LogP) is 3.34. The Bertz CT molecular complexity index is 516. The van der Waals surface area contributed by atoms with Gasteiger partial charge in [-0.1, -0.05) is 19.9 Å². The lowest BCUT2D eigenvalue weighted by molar-refractivity contribution is -0.153. The zero-order valence-electron chi connectivity index (χ0n) is 13.5. The van der Waals surface area contributed by atoms with Crippen LogP contribution in [0.25, 0.3) is 0 Å². The fourth-order valence-corrected chi connectivity index (χ4v) is 1.81. The number of methoxy groups -OCH3 is 1. The third kappa shape index (κ3) is 7.76. The van der Waals surface area contributed by atoms with E-state index in [-0.39, 0.29) is 17.4 Å². The van der Waals surface area contributed by atoms with E-state index in [9.17, 15) is 18.0 Å². The average Bonchev–Trinajstić information content (AvgIpc) is 2.48. The molecule has 0 bridgehead atoms. The monoisotopic (exact) mass is 333 g/mol. The van der Waals surface area contributed by atoms with E-state index in [0.717, 1.165) is 5.56 Å². The van der Waals surface area contributed by atoms with Gasteiger partial charge in [-0.3, -0.25) is 4.79 Å². The fourth-order valence-electron chi connectivity index (χ4n) is 1.81. The molecule has 130 valence electrons. The van der Waals surface area contributed by atoms with Crippen LogP contribution < -0.4 is 14.8 Å². The molecule has 7 heteroatoms. The summed E-state index contributed by atoms with van der Waals surface area (Å²) in [5, 5.41) is 2.81. The van der Waals surface area contributed by atoms with Gasteiger partial charge in [0.2, 0.25) is 5.91 Å². The average molecular weight is 333 g/mol. The number of hydrogen-bond acceptors (Lipinski definition) is 3. The third-order valence-corrected chi connectivity index (χ3v) is 2.97. The second-order valence-corrected chi connectivity index (χ2v) is 5.59. The summed E-state index contributed by atoms with van der Waals surface area (Å²) in [6.45, 7) is 3.25. The van der Waals surface area contributed by atoms with Crippen molar-refractivity contribution in [3.8, 4) is 11.5 Å². The van der Waals surface area contributed by atoms with Gasteiger partial charge in [0.05, 0.1) is 7.11 Å². The molecule has 1 N–H and O–H groups in total. The van der Waals surface area contributed by atoms with E-state index in [2.05, 4.69) is 5.32 Å². The third-order valence-electron chi connectivity index (χ3n) is 2.97. The number of hydrogen-bond donors (Lipinski definition) is 1. The molecular weight excluding hydrogens is 311 g/mol. The lowest BCUT2D eigenvalue weighted by Gasteiger charge is -2.13. The van der Waals surface area contributed by atoms with E-state index < -0.39 is 12.8 Å². The van der Waals surface area contributed by atoms with Gasteiger partial charge in [0.15, 0.2) is 18.1 Å². The number of carbonyl (C=O) groups excluding carboxylic acids is 1. The number of rotatable bonds is 8. The van der Waals surface area contributed by atoms with Crippen molar-refractivity contribution < 1.29 is 27.4 Å². The van der Waals surface area contributed by atoms with E-state index in [4.69, 9.17) is 9.47 Å². The molecule has 1 rings (SSSR count). The first-order chi connectivity index (χ1) is 10.7. The van der Waals surface area contributed by atoms with Gasteiger partial charge in [-0.05, 0) is 30.0 Å². The second kappa shape index (κ2) is 8.64. The highest BCUT2D eigenvalue weighted by Crippen LogP contribution is 2.30. The molecule has 0 saturated heterocycles. The number of carbonyl (C=O) groups is 1. The molecule has 0 aliphatic carbocycles. The maximum Gasteiger partial charge on any atom is 0.422 e. The Hall–Kier alpha value is -1.92. The standard InChI is InChI=1S/C16H22F3NO3/c1-11(2)9-20-15(21)7-5-12-4-6-13(14(8-12)22-3)23-10-16(17,18)19/h4,6,8,11H,5,7,9-10H2,1-3H3,(H,20,21). The number of ether oxygens (including phenoxy) is 2. The molecule has 1 aromatic rings. The highest BCUT2D eigenvalue weighted by atomic mass is 19.4. The van der Waals surface area contributed by atoms with Crippen molar-refractivity contribution in [1.29, 1.82) is 0 Å². The lowest BCUT2D eigenvalue weighted by Crippen LogP contribution is -2.27. The Morgan fingerprint density at radius 3 is 2.52 bits per heavy atom. The largest absolute Gasteiger partial charge is 0.493 e. The van der Waals surface area contributed by atoms with E-state index in [1.807, 2.05) is 13.8 Å². The van der Waals surface area contributed by atoms with Crippen LogP contribution in [0.2, 0.25) is 0 Å². The SMILES string of the molecule is COc1cc(CCC(=O)NCC(C)C)ccc1OCC(F)(F)F. The summed E-state index contributed by atoms with van der Waals surface area (Å²) in [6, 6.07) is 4.64. The van der Waals surface area contributed by atoms with Gasteiger partial charge in [0.25, 0.3) is 0 Å². The number of halogens is 3. The minimum atomic E-state index is -4.40. The predicted molar refractivity (Wildman–Crippen MR) is 80.7 cm³/mol. The van der Waals surface area contributed by atoms with Crippen molar-refractivity contribution in [2.24, 2.45) is 5.92 Å². The van der Waals surface area contributed by atoms with Gasteiger partial charge in [0, 0.05) is 13.0 Å². The maximum absolute atomic E-state index is 12.2. The molecule has 0 saturated carbocycles. The Labute approximate surface area is 134 Å². The number of nitrogens with one attached hydrogen (secondary N) is 1. The van der Waals surface area contributed by atoms with Crippen LogP contribution in [0.5, 0.6) is 11.5 Å². The van der Waals surface area contributed by atoms with Crippen LogP contribution in [0.3, 0.4) is 0 Å². The maximum atomic E-state index is 12.2.